The largest absolute Gasteiger partial charge is 0.437 e. The predicted molar refractivity (Wildman–Crippen MR) is 78.9 cm³/mol. The van der Waals surface area contributed by atoms with E-state index in [0.29, 0.717) is 17.1 Å². The molecule has 0 aromatic heterocycles. The van der Waals surface area contributed by atoms with Crippen LogP contribution in [0.5, 0.6) is 5.75 Å². The molecule has 20 heavy (non-hydrogen) atoms. The van der Waals surface area contributed by atoms with Crippen molar-refractivity contribution in [2.75, 3.05) is 17.7 Å². The number of rotatable bonds is 1. The minimum absolute atomic E-state index is 0.490. The van der Waals surface area contributed by atoms with Gasteiger partial charge in [-0.2, -0.15) is 5.26 Å². The van der Waals surface area contributed by atoms with Crippen LogP contribution >= 0.6 is 0 Å². The lowest BCUT2D eigenvalue weighted by molar-refractivity contribution is 0.447. The summed E-state index contributed by atoms with van der Waals surface area (Å²) in [6, 6.07) is 17.1. The molecule has 0 atom stereocenters. The Balaban J connectivity index is 2.10. The lowest BCUT2D eigenvalue weighted by Gasteiger charge is -2.13. The minimum Gasteiger partial charge on any atom is -0.437 e. The normalized spacial score (nSPS) is 15.3. The molecule has 2 aromatic carbocycles. The van der Waals surface area contributed by atoms with Crippen molar-refractivity contribution in [1.29, 1.82) is 5.26 Å². The zero-order valence-corrected chi connectivity index (χ0v) is 11.0. The van der Waals surface area contributed by atoms with Crippen molar-refractivity contribution in [3.8, 4) is 11.8 Å². The summed E-state index contributed by atoms with van der Waals surface area (Å²) in [6.07, 6.45) is 0. The Morgan fingerprint density at radius 1 is 1.15 bits per heavy atom. The molecule has 0 saturated heterocycles. The summed E-state index contributed by atoms with van der Waals surface area (Å²) in [5, 5.41) is 9.46. The van der Waals surface area contributed by atoms with Crippen LogP contribution < -0.4 is 15.4 Å². The van der Waals surface area contributed by atoms with Crippen LogP contribution in [-0.4, -0.2) is 7.05 Å². The van der Waals surface area contributed by atoms with Crippen molar-refractivity contribution in [2.24, 2.45) is 0 Å². The van der Waals surface area contributed by atoms with Crippen molar-refractivity contribution >= 4 is 16.9 Å². The number of nitrogens with two attached hydrogens (primary N) is 1. The summed E-state index contributed by atoms with van der Waals surface area (Å²) in [5.74, 6) is 1.30. The fraction of sp³-hybridized carbons (Fsp3) is 0.0625. The van der Waals surface area contributed by atoms with Crippen LogP contribution in [0.4, 0.5) is 11.4 Å². The Kier molecular flexibility index (Phi) is 2.81. The molecule has 0 bridgehead atoms. The fourth-order valence-electron chi connectivity index (χ4n) is 2.21. The van der Waals surface area contributed by atoms with E-state index in [0.717, 1.165) is 17.0 Å². The molecular weight excluding hydrogens is 250 g/mol. The number of nitrogens with zero attached hydrogens (tertiary/aromatic N) is 2. The van der Waals surface area contributed by atoms with E-state index < -0.39 is 0 Å². The molecule has 0 amide bonds. The summed E-state index contributed by atoms with van der Waals surface area (Å²) in [4.78, 5) is 1.88. The van der Waals surface area contributed by atoms with Crippen LogP contribution in [-0.2, 0) is 0 Å². The molecule has 4 nitrogen and oxygen atoms in total. The van der Waals surface area contributed by atoms with E-state index in [-0.39, 0.29) is 0 Å². The first-order chi connectivity index (χ1) is 9.70. The van der Waals surface area contributed by atoms with Gasteiger partial charge in [0.05, 0.1) is 5.69 Å². The highest BCUT2D eigenvalue weighted by Gasteiger charge is 2.26. The highest BCUT2D eigenvalue weighted by molar-refractivity contribution is 5.84. The maximum absolute atomic E-state index is 9.46. The van der Waals surface area contributed by atoms with E-state index in [2.05, 4.69) is 6.07 Å². The summed E-state index contributed by atoms with van der Waals surface area (Å²) in [5.41, 5.74) is 8.57. The number of nitriles is 1. The highest BCUT2D eigenvalue weighted by atomic mass is 16.5. The Morgan fingerprint density at radius 2 is 1.85 bits per heavy atom. The molecule has 0 spiro atoms. The van der Waals surface area contributed by atoms with E-state index in [1.165, 1.54) is 0 Å². The minimum atomic E-state index is 0.490. The molecule has 0 fully saturated rings. The quantitative estimate of drug-likeness (QED) is 0.634. The van der Waals surface area contributed by atoms with E-state index in [4.69, 9.17) is 10.5 Å². The molecule has 0 unspecified atom stereocenters. The number of nitrogen functional groups attached to an aromatic ring is 1. The highest BCUT2D eigenvalue weighted by Crippen LogP contribution is 2.39. The van der Waals surface area contributed by atoms with Crippen LogP contribution in [0.15, 0.2) is 54.4 Å². The molecule has 0 radical (unpaired) electrons. The number of fused-ring (bicyclic) bond motifs is 1. The summed E-state index contributed by atoms with van der Waals surface area (Å²) >= 11 is 0. The number of para-hydroxylation sites is 2. The van der Waals surface area contributed by atoms with Gasteiger partial charge < -0.3 is 15.4 Å². The number of anilines is 2. The monoisotopic (exact) mass is 263 g/mol. The summed E-state index contributed by atoms with van der Waals surface area (Å²) in [7, 11) is 1.88. The van der Waals surface area contributed by atoms with E-state index in [1.54, 1.807) is 12.1 Å². The van der Waals surface area contributed by atoms with Gasteiger partial charge in [0.25, 0.3) is 0 Å². The molecule has 1 aliphatic rings. The van der Waals surface area contributed by atoms with E-state index >= 15 is 0 Å². The second-order valence-electron chi connectivity index (χ2n) is 4.54. The molecule has 2 N–H and O–H groups in total. The van der Waals surface area contributed by atoms with Crippen molar-refractivity contribution in [3.63, 3.8) is 0 Å². The van der Waals surface area contributed by atoms with Crippen LogP contribution in [0.25, 0.3) is 5.57 Å². The van der Waals surface area contributed by atoms with Gasteiger partial charge in [-0.25, -0.2) is 0 Å². The topological polar surface area (TPSA) is 62.3 Å². The van der Waals surface area contributed by atoms with E-state index in [1.807, 2.05) is 48.3 Å². The molecule has 98 valence electrons. The fourth-order valence-corrected chi connectivity index (χ4v) is 2.21. The third-order valence-electron chi connectivity index (χ3n) is 3.26. The average Bonchev–Trinajstić information content (AvgIpc) is 2.80. The average molecular weight is 263 g/mol. The zero-order chi connectivity index (χ0) is 14.1. The molecular formula is C16H13N3O. The maximum atomic E-state index is 9.46. The van der Waals surface area contributed by atoms with Gasteiger partial charge in [-0.1, -0.05) is 24.3 Å². The first-order valence-corrected chi connectivity index (χ1v) is 6.21. The number of allylic oxidation sites excluding steroid dienone is 1. The molecule has 0 aliphatic carbocycles. The van der Waals surface area contributed by atoms with Gasteiger partial charge in [-0.3, -0.25) is 0 Å². The van der Waals surface area contributed by atoms with Crippen molar-refractivity contribution in [1.82, 2.24) is 0 Å². The Labute approximate surface area is 117 Å². The van der Waals surface area contributed by atoms with E-state index in [9.17, 15) is 5.26 Å². The lowest BCUT2D eigenvalue weighted by Crippen LogP contribution is -2.15. The Bertz CT molecular complexity index is 726. The Hall–Kier alpha value is -2.93. The molecule has 1 heterocycles. The molecule has 1 aliphatic heterocycles. The standard InChI is InChI=1S/C16H13N3O/c1-19-14-4-2-3-5-15(14)20-16(19)13(10-17)11-6-8-12(18)9-7-11/h2-9H,18H2,1H3/b16-13-. The second kappa shape index (κ2) is 4.63. The number of benzene rings is 2. The molecule has 2 aromatic rings. The van der Waals surface area contributed by atoms with Crippen molar-refractivity contribution < 1.29 is 4.74 Å². The summed E-state index contributed by atoms with van der Waals surface area (Å²) in [6.45, 7) is 0. The smallest absolute Gasteiger partial charge is 0.218 e. The maximum Gasteiger partial charge on any atom is 0.218 e. The molecule has 3 rings (SSSR count). The first kappa shape index (κ1) is 12.1. The summed E-state index contributed by atoms with van der Waals surface area (Å²) < 4.78 is 5.81. The van der Waals surface area contributed by atoms with Gasteiger partial charge in [0, 0.05) is 12.7 Å². The van der Waals surface area contributed by atoms with Crippen LogP contribution in [0.1, 0.15) is 5.56 Å². The van der Waals surface area contributed by atoms with Gasteiger partial charge in [-0.15, -0.1) is 0 Å². The van der Waals surface area contributed by atoms with Crippen molar-refractivity contribution in [2.45, 2.75) is 0 Å². The first-order valence-electron chi connectivity index (χ1n) is 6.21. The van der Waals surface area contributed by atoms with Gasteiger partial charge in [0.1, 0.15) is 11.6 Å². The van der Waals surface area contributed by atoms with Crippen LogP contribution in [0.3, 0.4) is 0 Å². The third kappa shape index (κ3) is 1.86. The number of ether oxygens (including phenoxy) is 1. The predicted octanol–water partition coefficient (Wildman–Crippen LogP) is 2.99. The Morgan fingerprint density at radius 3 is 2.50 bits per heavy atom. The van der Waals surface area contributed by atoms with Gasteiger partial charge in [0.2, 0.25) is 5.88 Å². The number of hydrogen-bond acceptors (Lipinski definition) is 4. The third-order valence-corrected chi connectivity index (χ3v) is 3.26. The zero-order valence-electron chi connectivity index (χ0n) is 11.0. The van der Waals surface area contributed by atoms with Gasteiger partial charge in [0.15, 0.2) is 5.75 Å². The van der Waals surface area contributed by atoms with Gasteiger partial charge >= 0.3 is 0 Å². The molecule has 4 heteroatoms. The van der Waals surface area contributed by atoms with Crippen LogP contribution in [0, 0.1) is 11.3 Å². The number of hydrogen-bond donors (Lipinski definition) is 1. The molecule has 0 saturated carbocycles. The SMILES string of the molecule is CN1/C(=C(\C#N)c2ccc(N)cc2)Oc2ccccc21. The van der Waals surface area contributed by atoms with Gasteiger partial charge in [-0.05, 0) is 29.8 Å². The van der Waals surface area contributed by atoms with Crippen molar-refractivity contribution in [3.05, 3.63) is 60.0 Å². The second-order valence-corrected chi connectivity index (χ2v) is 4.54. The lowest BCUT2D eigenvalue weighted by atomic mass is 10.1. The van der Waals surface area contributed by atoms with Crippen LogP contribution in [0.2, 0.25) is 0 Å².